The molecule has 0 aliphatic heterocycles. The van der Waals surface area contributed by atoms with Crippen LogP contribution in [-0.4, -0.2) is 7.11 Å². The normalized spacial score (nSPS) is 10.1. The maximum Gasteiger partial charge on any atom is 0.176 e. The average molecular weight is 330 g/mol. The van der Waals surface area contributed by atoms with Gasteiger partial charge < -0.3 is 21.7 Å². The van der Waals surface area contributed by atoms with Gasteiger partial charge in [-0.2, -0.15) is 0 Å². The quantitative estimate of drug-likeness (QED) is 0.625. The Morgan fingerprint density at radius 2 is 1.60 bits per heavy atom. The van der Waals surface area contributed by atoms with Crippen molar-refractivity contribution in [2.45, 2.75) is 6.54 Å². The molecular formula is C17H16BrNO. The Hall–Kier alpha value is -1.87. The molecule has 3 heteroatoms. The standard InChI is InChI=1S/C17H16NO.BrH/c1-19-17-8-6-14(7-9-17)12-18-11-10-15-4-2-3-5-16(15)13-18;/h2-11,13H,12H2,1H3;1H/q+1;/p-1. The van der Waals surface area contributed by atoms with E-state index in [1.54, 1.807) is 7.11 Å². The van der Waals surface area contributed by atoms with Crippen molar-refractivity contribution >= 4 is 10.8 Å². The van der Waals surface area contributed by atoms with Crippen molar-refractivity contribution < 1.29 is 26.3 Å². The molecule has 0 aliphatic rings. The van der Waals surface area contributed by atoms with Gasteiger partial charge in [-0.25, -0.2) is 4.57 Å². The molecule has 0 radical (unpaired) electrons. The summed E-state index contributed by atoms with van der Waals surface area (Å²) in [5, 5.41) is 2.53. The number of fused-ring (bicyclic) bond motifs is 1. The first-order valence-corrected chi connectivity index (χ1v) is 6.36. The van der Waals surface area contributed by atoms with Crippen LogP contribution in [0.3, 0.4) is 0 Å². The second-order valence-electron chi connectivity index (χ2n) is 4.59. The molecule has 0 bridgehead atoms. The highest BCUT2D eigenvalue weighted by atomic mass is 79.9. The Balaban J connectivity index is 0.00000147. The van der Waals surface area contributed by atoms with Crippen LogP contribution in [-0.2, 0) is 6.54 Å². The fourth-order valence-electron chi connectivity index (χ4n) is 2.22. The van der Waals surface area contributed by atoms with Crippen molar-refractivity contribution in [3.63, 3.8) is 0 Å². The van der Waals surface area contributed by atoms with Crippen LogP contribution in [0.1, 0.15) is 5.56 Å². The maximum atomic E-state index is 5.17. The summed E-state index contributed by atoms with van der Waals surface area (Å²) in [6, 6.07) is 18.7. The summed E-state index contributed by atoms with van der Waals surface area (Å²) in [4.78, 5) is 0. The van der Waals surface area contributed by atoms with Crippen molar-refractivity contribution in [1.82, 2.24) is 0 Å². The Labute approximate surface area is 129 Å². The van der Waals surface area contributed by atoms with E-state index in [0.717, 1.165) is 12.3 Å². The number of rotatable bonds is 3. The van der Waals surface area contributed by atoms with Crippen LogP contribution in [0.2, 0.25) is 0 Å². The van der Waals surface area contributed by atoms with Crippen LogP contribution in [0.5, 0.6) is 5.75 Å². The molecule has 0 atom stereocenters. The number of benzene rings is 2. The summed E-state index contributed by atoms with van der Waals surface area (Å²) in [5.41, 5.74) is 1.26. The highest BCUT2D eigenvalue weighted by Crippen LogP contribution is 2.12. The smallest absolute Gasteiger partial charge is 0.176 e. The molecule has 2 nitrogen and oxygen atoms in total. The zero-order chi connectivity index (χ0) is 13.1. The summed E-state index contributed by atoms with van der Waals surface area (Å²) in [5.74, 6) is 0.896. The average Bonchev–Trinajstić information content (AvgIpc) is 2.48. The molecule has 2 aromatic carbocycles. The van der Waals surface area contributed by atoms with E-state index in [9.17, 15) is 0 Å². The van der Waals surface area contributed by atoms with Crippen molar-refractivity contribution in [2.75, 3.05) is 7.11 Å². The number of halogens is 1. The number of ether oxygens (including phenoxy) is 1. The lowest BCUT2D eigenvalue weighted by Crippen LogP contribution is -3.00. The van der Waals surface area contributed by atoms with E-state index < -0.39 is 0 Å². The SMILES string of the molecule is COc1ccc(C[n+]2ccc3ccccc3c2)cc1.[Br-]. The fourth-order valence-corrected chi connectivity index (χ4v) is 2.22. The summed E-state index contributed by atoms with van der Waals surface area (Å²) in [7, 11) is 1.69. The number of aromatic nitrogens is 1. The third-order valence-corrected chi connectivity index (χ3v) is 3.27. The zero-order valence-corrected chi connectivity index (χ0v) is 12.9. The van der Waals surface area contributed by atoms with Gasteiger partial charge >= 0.3 is 0 Å². The first-order valence-electron chi connectivity index (χ1n) is 6.36. The van der Waals surface area contributed by atoms with Crippen LogP contribution in [0.15, 0.2) is 67.0 Å². The summed E-state index contributed by atoms with van der Waals surface area (Å²) >= 11 is 0. The van der Waals surface area contributed by atoms with Gasteiger partial charge in [0.2, 0.25) is 0 Å². The Morgan fingerprint density at radius 3 is 2.30 bits per heavy atom. The van der Waals surface area contributed by atoms with Gasteiger partial charge in [-0.1, -0.05) is 18.2 Å². The Kier molecular flexibility index (Phi) is 4.74. The molecule has 0 amide bonds. The van der Waals surface area contributed by atoms with Crippen molar-refractivity contribution in [3.8, 4) is 5.75 Å². The van der Waals surface area contributed by atoms with Crippen LogP contribution in [0.25, 0.3) is 10.8 Å². The number of nitrogens with zero attached hydrogens (tertiary/aromatic N) is 1. The molecule has 0 spiro atoms. The molecule has 0 aliphatic carbocycles. The molecule has 0 saturated heterocycles. The van der Waals surface area contributed by atoms with Crippen LogP contribution in [0, 0.1) is 0 Å². The predicted octanol–water partition coefficient (Wildman–Crippen LogP) is 0.188. The Morgan fingerprint density at radius 1 is 0.900 bits per heavy atom. The number of methoxy groups -OCH3 is 1. The predicted molar refractivity (Wildman–Crippen MR) is 76.2 cm³/mol. The van der Waals surface area contributed by atoms with Crippen LogP contribution < -0.4 is 26.3 Å². The summed E-state index contributed by atoms with van der Waals surface area (Å²) < 4.78 is 7.37. The van der Waals surface area contributed by atoms with Gasteiger partial charge in [0.1, 0.15) is 5.75 Å². The van der Waals surface area contributed by atoms with E-state index in [4.69, 9.17) is 4.74 Å². The van der Waals surface area contributed by atoms with E-state index in [1.807, 2.05) is 12.1 Å². The minimum absolute atomic E-state index is 0. The number of pyridine rings is 1. The largest absolute Gasteiger partial charge is 1.00 e. The summed E-state index contributed by atoms with van der Waals surface area (Å²) in [6.45, 7) is 0.870. The molecule has 0 fully saturated rings. The monoisotopic (exact) mass is 329 g/mol. The van der Waals surface area contributed by atoms with E-state index in [0.29, 0.717) is 0 Å². The lowest BCUT2D eigenvalue weighted by Gasteiger charge is -2.02. The fraction of sp³-hybridized carbons (Fsp3) is 0.118. The highest BCUT2D eigenvalue weighted by Gasteiger charge is 2.04. The third-order valence-electron chi connectivity index (χ3n) is 3.27. The molecule has 1 aromatic heterocycles. The molecule has 20 heavy (non-hydrogen) atoms. The van der Waals surface area contributed by atoms with E-state index in [2.05, 4.69) is 59.4 Å². The van der Waals surface area contributed by atoms with Crippen molar-refractivity contribution in [1.29, 1.82) is 0 Å². The van der Waals surface area contributed by atoms with Gasteiger partial charge in [-0.05, 0) is 35.7 Å². The second-order valence-corrected chi connectivity index (χ2v) is 4.59. The molecule has 0 saturated carbocycles. The maximum absolute atomic E-state index is 5.17. The minimum Gasteiger partial charge on any atom is -1.00 e. The number of hydrogen-bond acceptors (Lipinski definition) is 1. The zero-order valence-electron chi connectivity index (χ0n) is 11.3. The van der Waals surface area contributed by atoms with Gasteiger partial charge in [-0.3, -0.25) is 0 Å². The van der Waals surface area contributed by atoms with Gasteiger partial charge in [-0.15, -0.1) is 0 Å². The van der Waals surface area contributed by atoms with Crippen LogP contribution >= 0.6 is 0 Å². The molecular weight excluding hydrogens is 314 g/mol. The lowest BCUT2D eigenvalue weighted by atomic mass is 10.1. The van der Waals surface area contributed by atoms with E-state index in [-0.39, 0.29) is 17.0 Å². The Bertz CT molecular complexity index is 695. The van der Waals surface area contributed by atoms with Gasteiger partial charge in [0, 0.05) is 17.0 Å². The van der Waals surface area contributed by atoms with E-state index >= 15 is 0 Å². The van der Waals surface area contributed by atoms with Gasteiger partial charge in [0.15, 0.2) is 18.9 Å². The number of hydrogen-bond donors (Lipinski definition) is 0. The highest BCUT2D eigenvalue weighted by molar-refractivity contribution is 5.80. The molecule has 1 heterocycles. The van der Waals surface area contributed by atoms with Gasteiger partial charge in [0.05, 0.1) is 7.11 Å². The van der Waals surface area contributed by atoms with Crippen LogP contribution in [0.4, 0.5) is 0 Å². The molecule has 3 rings (SSSR count). The minimum atomic E-state index is 0. The topological polar surface area (TPSA) is 13.1 Å². The molecule has 0 unspecified atom stereocenters. The first-order chi connectivity index (χ1) is 9.35. The third kappa shape index (κ3) is 3.17. The summed E-state index contributed by atoms with van der Waals surface area (Å²) in [6.07, 6.45) is 4.30. The van der Waals surface area contributed by atoms with Gasteiger partial charge in [0.25, 0.3) is 0 Å². The van der Waals surface area contributed by atoms with Crippen molar-refractivity contribution in [2.24, 2.45) is 0 Å². The van der Waals surface area contributed by atoms with E-state index in [1.165, 1.54) is 16.3 Å². The molecule has 3 aromatic rings. The molecule has 0 N–H and O–H groups in total. The van der Waals surface area contributed by atoms with Crippen molar-refractivity contribution in [3.05, 3.63) is 72.6 Å². The molecule has 102 valence electrons. The second kappa shape index (κ2) is 6.53. The lowest BCUT2D eigenvalue weighted by molar-refractivity contribution is -0.687. The first kappa shape index (κ1) is 14.5.